The zero-order chi connectivity index (χ0) is 28.0. The summed E-state index contributed by atoms with van der Waals surface area (Å²) in [6.45, 7) is 0. The second kappa shape index (κ2) is 9.05. The van der Waals surface area contributed by atoms with Crippen LogP contribution in [-0.2, 0) is 4.79 Å². The van der Waals surface area contributed by atoms with Crippen LogP contribution in [0.25, 0.3) is 0 Å². The average Bonchev–Trinajstić information content (AvgIpc) is 2.62. The standard InChI is InChI=1S/C15H14F17NO/c1-33(2)7(34)5-3-4-6-8(16,17)9(18,19)10(20,21)11(22,23)12(24,25)13(26,27)14(28,29)15(30,31)32/h3-6H2,1-2H3. The van der Waals surface area contributed by atoms with Crippen molar-refractivity contribution in [1.82, 2.24) is 4.90 Å². The number of carbonyl (C=O) groups is 1. The Morgan fingerprint density at radius 1 is 0.529 bits per heavy atom. The monoisotopic (exact) mass is 547 g/mol. The van der Waals surface area contributed by atoms with E-state index < -0.39 is 79.2 Å². The average molecular weight is 547 g/mol. The van der Waals surface area contributed by atoms with E-state index in [4.69, 9.17) is 0 Å². The summed E-state index contributed by atoms with van der Waals surface area (Å²) < 4.78 is 222. The highest BCUT2D eigenvalue weighted by molar-refractivity contribution is 5.75. The molecule has 204 valence electrons. The quantitative estimate of drug-likeness (QED) is 0.210. The minimum absolute atomic E-state index is 0.669. The van der Waals surface area contributed by atoms with Gasteiger partial charge in [0, 0.05) is 26.9 Å². The molecule has 0 bridgehead atoms. The van der Waals surface area contributed by atoms with Crippen LogP contribution in [0.3, 0.4) is 0 Å². The summed E-state index contributed by atoms with van der Waals surface area (Å²) >= 11 is 0. The third-order valence-electron chi connectivity index (χ3n) is 4.42. The van der Waals surface area contributed by atoms with E-state index in [1.54, 1.807) is 0 Å². The van der Waals surface area contributed by atoms with Gasteiger partial charge in [0.2, 0.25) is 5.91 Å². The molecule has 1 amide bonds. The van der Waals surface area contributed by atoms with Crippen LogP contribution in [-0.4, -0.2) is 72.5 Å². The Balaban J connectivity index is 6.18. The van der Waals surface area contributed by atoms with E-state index in [0.717, 1.165) is 19.0 Å². The maximum Gasteiger partial charge on any atom is 0.460 e. The minimum atomic E-state index is -8.62. The maximum atomic E-state index is 13.6. The van der Waals surface area contributed by atoms with Gasteiger partial charge in [0.1, 0.15) is 0 Å². The van der Waals surface area contributed by atoms with Gasteiger partial charge in [0.05, 0.1) is 0 Å². The van der Waals surface area contributed by atoms with Gasteiger partial charge in [-0.2, -0.15) is 74.6 Å². The molecular formula is C15H14F17NO. The highest BCUT2D eigenvalue weighted by Gasteiger charge is 2.95. The molecule has 0 saturated heterocycles. The lowest BCUT2D eigenvalue weighted by Crippen LogP contribution is -2.74. The number of unbranched alkanes of at least 4 members (excludes halogenated alkanes) is 1. The van der Waals surface area contributed by atoms with Crippen LogP contribution in [0.15, 0.2) is 0 Å². The van der Waals surface area contributed by atoms with E-state index in [1.807, 2.05) is 0 Å². The molecule has 0 aromatic rings. The van der Waals surface area contributed by atoms with Crippen LogP contribution in [0.4, 0.5) is 74.6 Å². The maximum absolute atomic E-state index is 13.6. The molecule has 0 aliphatic rings. The number of amides is 1. The summed E-state index contributed by atoms with van der Waals surface area (Å²) in [6.07, 6.45) is -13.0. The molecule has 0 saturated carbocycles. The number of alkyl halides is 17. The molecule has 0 aliphatic carbocycles. The molecule has 0 unspecified atom stereocenters. The summed E-state index contributed by atoms with van der Waals surface area (Å²) in [4.78, 5) is 12.0. The Morgan fingerprint density at radius 3 is 1.18 bits per heavy atom. The van der Waals surface area contributed by atoms with Crippen molar-refractivity contribution in [2.24, 2.45) is 0 Å². The van der Waals surface area contributed by atoms with E-state index in [-0.39, 0.29) is 0 Å². The SMILES string of the molecule is CN(C)C(=O)CCCCC(F)(F)C(F)(F)C(F)(F)C(F)(F)C(F)(F)C(F)(F)C(F)(F)C(F)(F)F. The van der Waals surface area contributed by atoms with Gasteiger partial charge in [0.15, 0.2) is 0 Å². The van der Waals surface area contributed by atoms with Crippen LogP contribution in [0.2, 0.25) is 0 Å². The third-order valence-corrected chi connectivity index (χ3v) is 4.42. The number of nitrogens with zero attached hydrogens (tertiary/aromatic N) is 1. The van der Waals surface area contributed by atoms with E-state index in [2.05, 4.69) is 0 Å². The molecule has 34 heavy (non-hydrogen) atoms. The Morgan fingerprint density at radius 2 is 0.853 bits per heavy atom. The van der Waals surface area contributed by atoms with E-state index >= 15 is 0 Å². The fourth-order valence-electron chi connectivity index (χ4n) is 2.20. The van der Waals surface area contributed by atoms with Crippen molar-refractivity contribution in [2.75, 3.05) is 14.1 Å². The normalized spacial score (nSPS) is 15.5. The predicted molar refractivity (Wildman–Crippen MR) is 77.8 cm³/mol. The molecule has 0 rings (SSSR count). The van der Waals surface area contributed by atoms with Crippen LogP contribution in [0.5, 0.6) is 0 Å². The largest absolute Gasteiger partial charge is 0.460 e. The topological polar surface area (TPSA) is 20.3 Å². The highest BCUT2D eigenvalue weighted by Crippen LogP contribution is 2.64. The van der Waals surface area contributed by atoms with Crippen LogP contribution >= 0.6 is 0 Å². The summed E-state index contributed by atoms with van der Waals surface area (Å²) in [5.41, 5.74) is 0. The van der Waals surface area contributed by atoms with Crippen molar-refractivity contribution in [1.29, 1.82) is 0 Å². The van der Waals surface area contributed by atoms with Crippen molar-refractivity contribution < 1.29 is 79.4 Å². The van der Waals surface area contributed by atoms with E-state index in [9.17, 15) is 79.4 Å². The highest BCUT2D eigenvalue weighted by atomic mass is 19.4. The summed E-state index contributed by atoms with van der Waals surface area (Å²) in [5.74, 6) is -57.0. The van der Waals surface area contributed by atoms with Crippen molar-refractivity contribution >= 4 is 5.91 Å². The van der Waals surface area contributed by atoms with Gasteiger partial charge >= 0.3 is 47.6 Å². The zero-order valence-electron chi connectivity index (χ0n) is 16.6. The van der Waals surface area contributed by atoms with E-state index in [0.29, 0.717) is 0 Å². The first-order valence-corrected chi connectivity index (χ1v) is 8.49. The van der Waals surface area contributed by atoms with Gasteiger partial charge in [-0.1, -0.05) is 0 Å². The minimum Gasteiger partial charge on any atom is -0.349 e. The Hall–Kier alpha value is -1.72. The van der Waals surface area contributed by atoms with Crippen LogP contribution < -0.4 is 0 Å². The number of rotatable bonds is 11. The Labute approximate surface area is 179 Å². The molecule has 0 aliphatic heterocycles. The zero-order valence-corrected chi connectivity index (χ0v) is 16.6. The second-order valence-corrected chi connectivity index (χ2v) is 7.14. The first-order chi connectivity index (χ1) is 14.6. The summed E-state index contributed by atoms with van der Waals surface area (Å²) in [7, 11) is 2.29. The predicted octanol–water partition coefficient (Wildman–Crippen LogP) is 6.64. The van der Waals surface area contributed by atoms with Gasteiger partial charge in [-0.05, 0) is 12.8 Å². The van der Waals surface area contributed by atoms with Crippen molar-refractivity contribution in [3.05, 3.63) is 0 Å². The molecule has 0 fully saturated rings. The van der Waals surface area contributed by atoms with Crippen LogP contribution in [0, 0.1) is 0 Å². The first-order valence-electron chi connectivity index (χ1n) is 8.49. The fourth-order valence-corrected chi connectivity index (χ4v) is 2.20. The van der Waals surface area contributed by atoms with Gasteiger partial charge in [-0.15, -0.1) is 0 Å². The first kappa shape index (κ1) is 32.3. The van der Waals surface area contributed by atoms with Gasteiger partial charge in [-0.25, -0.2) is 0 Å². The molecule has 0 aromatic carbocycles. The number of carbonyl (C=O) groups excluding carboxylic acids is 1. The number of hydrogen-bond donors (Lipinski definition) is 0. The molecule has 0 spiro atoms. The molecule has 19 heteroatoms. The number of halogens is 17. The molecular weight excluding hydrogens is 533 g/mol. The Kier molecular flexibility index (Phi) is 8.60. The third kappa shape index (κ3) is 4.83. The van der Waals surface area contributed by atoms with Gasteiger partial charge < -0.3 is 4.90 Å². The van der Waals surface area contributed by atoms with Gasteiger partial charge in [0.25, 0.3) is 0 Å². The molecule has 0 N–H and O–H groups in total. The fraction of sp³-hybridized carbons (Fsp3) is 0.933. The van der Waals surface area contributed by atoms with Gasteiger partial charge in [-0.3, -0.25) is 4.79 Å². The summed E-state index contributed by atoms with van der Waals surface area (Å²) in [6, 6.07) is 0. The second-order valence-electron chi connectivity index (χ2n) is 7.14. The van der Waals surface area contributed by atoms with Crippen molar-refractivity contribution in [3.8, 4) is 0 Å². The smallest absolute Gasteiger partial charge is 0.349 e. The van der Waals surface area contributed by atoms with Crippen molar-refractivity contribution in [2.45, 2.75) is 73.3 Å². The molecule has 0 aromatic heterocycles. The molecule has 0 radical (unpaired) electrons. The lowest BCUT2D eigenvalue weighted by atomic mass is 9.88. The lowest BCUT2D eigenvalue weighted by Gasteiger charge is -2.42. The molecule has 2 nitrogen and oxygen atoms in total. The van der Waals surface area contributed by atoms with E-state index in [1.165, 1.54) is 0 Å². The molecule has 0 heterocycles. The Bertz CT molecular complexity index is 725. The molecule has 0 atom stereocenters. The lowest BCUT2D eigenvalue weighted by molar-refractivity contribution is -0.461. The summed E-state index contributed by atoms with van der Waals surface area (Å²) in [5, 5.41) is 0. The van der Waals surface area contributed by atoms with Crippen LogP contribution in [0.1, 0.15) is 25.7 Å². The van der Waals surface area contributed by atoms with Crippen molar-refractivity contribution in [3.63, 3.8) is 0 Å². The number of hydrogen-bond acceptors (Lipinski definition) is 1.